The van der Waals surface area contributed by atoms with Crippen LogP contribution in [0.3, 0.4) is 0 Å². The van der Waals surface area contributed by atoms with E-state index in [1.165, 1.54) is 4.88 Å². The van der Waals surface area contributed by atoms with E-state index in [2.05, 4.69) is 61.7 Å². The first-order chi connectivity index (χ1) is 17.6. The van der Waals surface area contributed by atoms with Crippen LogP contribution in [0.5, 0.6) is 0 Å². The van der Waals surface area contributed by atoms with E-state index in [0.717, 1.165) is 73.4 Å². The Labute approximate surface area is 210 Å². The van der Waals surface area contributed by atoms with Gasteiger partial charge in [-0.3, -0.25) is 19.9 Å². The summed E-state index contributed by atoms with van der Waals surface area (Å²) in [6, 6.07) is 16.5. The summed E-state index contributed by atoms with van der Waals surface area (Å²) >= 11 is 1.74. The van der Waals surface area contributed by atoms with Crippen molar-refractivity contribution in [3.05, 3.63) is 72.0 Å². The lowest BCUT2D eigenvalue weighted by Gasteiger charge is -2.07. The molecule has 176 valence electrons. The first kappa shape index (κ1) is 21.0. The molecular formula is C28H22N6OS. The number of nitrogens with one attached hydrogen (secondary N) is 3. The van der Waals surface area contributed by atoms with Crippen LogP contribution < -0.4 is 5.32 Å². The third-order valence-electron chi connectivity index (χ3n) is 6.63. The molecule has 7 nitrogen and oxygen atoms in total. The van der Waals surface area contributed by atoms with E-state index in [-0.39, 0.29) is 11.8 Å². The molecule has 6 aromatic rings. The van der Waals surface area contributed by atoms with Gasteiger partial charge in [-0.25, -0.2) is 0 Å². The van der Waals surface area contributed by atoms with Crippen molar-refractivity contribution >= 4 is 44.7 Å². The molecule has 0 bridgehead atoms. The highest BCUT2D eigenvalue weighted by Gasteiger charge is 2.29. The third kappa shape index (κ3) is 3.67. The largest absolute Gasteiger partial charge is 0.353 e. The molecule has 1 saturated carbocycles. The number of benzene rings is 1. The number of carbonyl (C=O) groups excluding carboxylic acids is 1. The minimum atomic E-state index is 0.0758. The summed E-state index contributed by atoms with van der Waals surface area (Å²) in [6.07, 6.45) is 7.29. The van der Waals surface area contributed by atoms with Crippen LogP contribution in [0, 0.1) is 12.8 Å². The second-order valence-electron chi connectivity index (χ2n) is 9.27. The Kier molecular flexibility index (Phi) is 4.75. The second-order valence-corrected chi connectivity index (χ2v) is 10.6. The van der Waals surface area contributed by atoms with Crippen molar-refractivity contribution in [1.82, 2.24) is 25.1 Å². The summed E-state index contributed by atoms with van der Waals surface area (Å²) in [6.45, 7) is 2.11. The maximum atomic E-state index is 12.2. The number of amides is 1. The minimum absolute atomic E-state index is 0.0758. The molecule has 1 aliphatic carbocycles. The van der Waals surface area contributed by atoms with Crippen LogP contribution in [0.2, 0.25) is 0 Å². The number of H-pyrrole nitrogens is 2. The van der Waals surface area contributed by atoms with Gasteiger partial charge in [0.2, 0.25) is 5.91 Å². The first-order valence-electron chi connectivity index (χ1n) is 11.9. The molecule has 0 unspecified atom stereocenters. The zero-order valence-electron chi connectivity index (χ0n) is 19.5. The number of aryl methyl sites for hydroxylation is 1. The van der Waals surface area contributed by atoms with Gasteiger partial charge in [-0.15, -0.1) is 11.3 Å². The number of anilines is 1. The monoisotopic (exact) mass is 490 g/mol. The Balaban J connectivity index is 1.28. The van der Waals surface area contributed by atoms with Crippen LogP contribution >= 0.6 is 11.3 Å². The first-order valence-corrected chi connectivity index (χ1v) is 12.7. The Morgan fingerprint density at radius 3 is 2.69 bits per heavy atom. The summed E-state index contributed by atoms with van der Waals surface area (Å²) in [5.41, 5.74) is 7.40. The summed E-state index contributed by atoms with van der Waals surface area (Å²) in [5, 5.41) is 12.9. The number of rotatable bonds is 5. The standard InChI is InChI=1S/C28H22N6OS/c1-15-2-7-25(36-15)27-21-12-24(32-22(21)8-9-30-27)26-20-11-17(5-6-23(20)33-34-26)18-10-19(14-29-13-18)31-28(35)16-3-4-16/h2,5-14,16,32H,3-4H2,1H3,(H,31,35)(H,33,34). The van der Waals surface area contributed by atoms with Gasteiger partial charge in [-0.05, 0) is 67.8 Å². The number of nitrogens with zero attached hydrogens (tertiary/aromatic N) is 3. The predicted octanol–water partition coefficient (Wildman–Crippen LogP) is 6.55. The van der Waals surface area contributed by atoms with Crippen molar-refractivity contribution < 1.29 is 4.79 Å². The lowest BCUT2D eigenvalue weighted by molar-refractivity contribution is -0.117. The third-order valence-corrected chi connectivity index (χ3v) is 7.63. The number of hydrogen-bond donors (Lipinski definition) is 3. The SMILES string of the molecule is Cc1ccc(-c2nccc3[nH]c(-c4n[nH]c5ccc(-c6cncc(NC(=O)C7CC7)c6)cc45)cc23)s1. The summed E-state index contributed by atoms with van der Waals surface area (Å²) in [7, 11) is 0. The van der Waals surface area contributed by atoms with Gasteiger partial charge in [0, 0.05) is 45.0 Å². The van der Waals surface area contributed by atoms with E-state index in [9.17, 15) is 4.79 Å². The van der Waals surface area contributed by atoms with Gasteiger partial charge in [0.15, 0.2) is 0 Å². The average Bonchev–Trinajstić information content (AvgIpc) is 3.30. The molecule has 5 heterocycles. The van der Waals surface area contributed by atoms with Crippen LogP contribution in [0.1, 0.15) is 17.7 Å². The smallest absolute Gasteiger partial charge is 0.227 e. The molecule has 0 atom stereocenters. The highest BCUT2D eigenvalue weighted by molar-refractivity contribution is 7.15. The summed E-state index contributed by atoms with van der Waals surface area (Å²) < 4.78 is 0. The molecule has 5 aromatic heterocycles. The Morgan fingerprint density at radius 1 is 0.972 bits per heavy atom. The van der Waals surface area contributed by atoms with Gasteiger partial charge in [0.25, 0.3) is 0 Å². The predicted molar refractivity (Wildman–Crippen MR) is 144 cm³/mol. The fourth-order valence-electron chi connectivity index (χ4n) is 4.59. The molecular weight excluding hydrogens is 468 g/mol. The number of thiophene rings is 1. The molecule has 36 heavy (non-hydrogen) atoms. The number of pyridine rings is 2. The van der Waals surface area contributed by atoms with Crippen molar-refractivity contribution in [1.29, 1.82) is 0 Å². The van der Waals surface area contributed by atoms with E-state index in [0.29, 0.717) is 0 Å². The maximum Gasteiger partial charge on any atom is 0.227 e. The van der Waals surface area contributed by atoms with E-state index in [1.54, 1.807) is 17.5 Å². The summed E-state index contributed by atoms with van der Waals surface area (Å²) in [5.74, 6) is 0.223. The quantitative estimate of drug-likeness (QED) is 0.255. The van der Waals surface area contributed by atoms with Crippen molar-refractivity contribution in [2.24, 2.45) is 5.92 Å². The highest BCUT2D eigenvalue weighted by atomic mass is 32.1. The zero-order chi connectivity index (χ0) is 24.2. The molecule has 3 N–H and O–H groups in total. The Bertz CT molecular complexity index is 1770. The molecule has 0 saturated heterocycles. The van der Waals surface area contributed by atoms with Crippen molar-refractivity contribution in [2.45, 2.75) is 19.8 Å². The van der Waals surface area contributed by atoms with E-state index < -0.39 is 0 Å². The van der Waals surface area contributed by atoms with Gasteiger partial charge in [0.1, 0.15) is 5.69 Å². The fourth-order valence-corrected chi connectivity index (χ4v) is 5.47. The van der Waals surface area contributed by atoms with Gasteiger partial charge in [0.05, 0.1) is 33.7 Å². The zero-order valence-corrected chi connectivity index (χ0v) is 20.3. The molecule has 1 aromatic carbocycles. The lowest BCUT2D eigenvalue weighted by Crippen LogP contribution is -2.13. The van der Waals surface area contributed by atoms with Crippen LogP contribution in [0.15, 0.2) is 67.1 Å². The van der Waals surface area contributed by atoms with Crippen molar-refractivity contribution in [3.8, 4) is 33.1 Å². The maximum absolute atomic E-state index is 12.2. The number of carbonyl (C=O) groups is 1. The lowest BCUT2D eigenvalue weighted by atomic mass is 10.0. The van der Waals surface area contributed by atoms with Crippen LogP contribution in [-0.2, 0) is 4.79 Å². The summed E-state index contributed by atoms with van der Waals surface area (Å²) in [4.78, 5) is 27.2. The average molecular weight is 491 g/mol. The van der Waals surface area contributed by atoms with Crippen LogP contribution in [-0.4, -0.2) is 31.1 Å². The molecule has 8 heteroatoms. The van der Waals surface area contributed by atoms with Gasteiger partial charge in [-0.2, -0.15) is 5.10 Å². The van der Waals surface area contributed by atoms with Gasteiger partial charge < -0.3 is 10.3 Å². The van der Waals surface area contributed by atoms with E-state index >= 15 is 0 Å². The topological polar surface area (TPSA) is 99.3 Å². The molecule has 1 fully saturated rings. The van der Waals surface area contributed by atoms with Crippen molar-refractivity contribution in [3.63, 3.8) is 0 Å². The van der Waals surface area contributed by atoms with Crippen molar-refractivity contribution in [2.75, 3.05) is 5.32 Å². The number of aromatic nitrogens is 5. The highest BCUT2D eigenvalue weighted by Crippen LogP contribution is 2.36. The molecule has 1 amide bonds. The van der Waals surface area contributed by atoms with E-state index in [4.69, 9.17) is 0 Å². The molecule has 7 rings (SSSR count). The van der Waals surface area contributed by atoms with Gasteiger partial charge in [-0.1, -0.05) is 6.07 Å². The Morgan fingerprint density at radius 2 is 1.86 bits per heavy atom. The molecule has 0 spiro atoms. The normalized spacial score (nSPS) is 13.5. The number of hydrogen-bond acceptors (Lipinski definition) is 5. The molecule has 0 radical (unpaired) electrons. The number of fused-ring (bicyclic) bond motifs is 2. The fraction of sp³-hybridized carbons (Fsp3) is 0.143. The minimum Gasteiger partial charge on any atom is -0.353 e. The Hall–Kier alpha value is -4.30. The second kappa shape index (κ2) is 8.13. The molecule has 0 aliphatic heterocycles. The van der Waals surface area contributed by atoms with Crippen LogP contribution in [0.4, 0.5) is 5.69 Å². The molecule has 1 aliphatic rings. The number of aromatic amines is 2. The van der Waals surface area contributed by atoms with E-state index in [1.807, 2.05) is 36.7 Å². The van der Waals surface area contributed by atoms with Crippen LogP contribution in [0.25, 0.3) is 54.9 Å². The van der Waals surface area contributed by atoms with Gasteiger partial charge >= 0.3 is 0 Å².